The molecular formula is C14H21NO3. The molecule has 0 aliphatic carbocycles. The highest BCUT2D eigenvalue weighted by Crippen LogP contribution is 2.26. The number of amides is 1. The van der Waals surface area contributed by atoms with Gasteiger partial charge in [-0.15, -0.1) is 0 Å². The highest BCUT2D eigenvalue weighted by atomic mass is 16.6. The number of aryl methyl sites for hydroxylation is 1. The first-order chi connectivity index (χ1) is 8.20. The molecular weight excluding hydrogens is 230 g/mol. The van der Waals surface area contributed by atoms with Gasteiger partial charge in [-0.25, -0.2) is 4.79 Å². The van der Waals surface area contributed by atoms with Crippen LogP contribution in [0.2, 0.25) is 0 Å². The molecule has 1 rings (SSSR count). The van der Waals surface area contributed by atoms with Gasteiger partial charge in [-0.1, -0.05) is 18.2 Å². The molecule has 0 heterocycles. The van der Waals surface area contributed by atoms with E-state index in [1.54, 1.807) is 33.8 Å². The molecule has 0 aliphatic rings. The lowest BCUT2D eigenvalue weighted by molar-refractivity contribution is 0.0635. The first kappa shape index (κ1) is 14.5. The first-order valence-corrected chi connectivity index (χ1v) is 5.98. The molecule has 1 unspecified atom stereocenters. The van der Waals surface area contributed by atoms with Gasteiger partial charge in [0.05, 0.1) is 11.8 Å². The Morgan fingerprint density at radius 1 is 1.39 bits per heavy atom. The minimum absolute atomic E-state index is 0.515. The van der Waals surface area contributed by atoms with Crippen LogP contribution in [0.25, 0.3) is 0 Å². The molecule has 0 fully saturated rings. The number of ether oxygens (including phenoxy) is 1. The molecule has 0 aromatic heterocycles. The summed E-state index contributed by atoms with van der Waals surface area (Å²) in [6, 6.07) is 5.50. The molecule has 0 aliphatic heterocycles. The van der Waals surface area contributed by atoms with Crippen LogP contribution in [-0.2, 0) is 4.74 Å². The summed E-state index contributed by atoms with van der Waals surface area (Å²) in [5.41, 5.74) is 1.64. The van der Waals surface area contributed by atoms with Gasteiger partial charge < -0.3 is 9.84 Å². The molecule has 18 heavy (non-hydrogen) atoms. The third-order valence-electron chi connectivity index (χ3n) is 2.38. The van der Waals surface area contributed by atoms with Crippen molar-refractivity contribution in [3.05, 3.63) is 29.3 Å². The van der Waals surface area contributed by atoms with Crippen molar-refractivity contribution in [3.63, 3.8) is 0 Å². The first-order valence-electron chi connectivity index (χ1n) is 5.98. The summed E-state index contributed by atoms with van der Waals surface area (Å²) in [6.45, 7) is 8.95. The minimum Gasteiger partial charge on any atom is -0.444 e. The summed E-state index contributed by atoms with van der Waals surface area (Å²) in [7, 11) is 0. The van der Waals surface area contributed by atoms with Gasteiger partial charge in [0.25, 0.3) is 0 Å². The zero-order valence-corrected chi connectivity index (χ0v) is 11.6. The molecule has 4 nitrogen and oxygen atoms in total. The fourth-order valence-corrected chi connectivity index (χ4v) is 1.62. The second kappa shape index (κ2) is 5.40. The molecule has 0 spiro atoms. The average Bonchev–Trinajstić information content (AvgIpc) is 2.17. The van der Waals surface area contributed by atoms with E-state index in [0.717, 1.165) is 5.56 Å². The van der Waals surface area contributed by atoms with E-state index >= 15 is 0 Å². The van der Waals surface area contributed by atoms with Crippen molar-refractivity contribution in [2.75, 3.05) is 5.32 Å². The summed E-state index contributed by atoms with van der Waals surface area (Å²) in [5.74, 6) is 0. The number of hydrogen-bond donors (Lipinski definition) is 2. The van der Waals surface area contributed by atoms with E-state index in [1.165, 1.54) is 0 Å². The van der Waals surface area contributed by atoms with E-state index in [0.29, 0.717) is 11.3 Å². The summed E-state index contributed by atoms with van der Waals surface area (Å²) >= 11 is 0. The number of aliphatic hydroxyl groups is 1. The lowest BCUT2D eigenvalue weighted by atomic mass is 10.0. The maximum atomic E-state index is 11.7. The van der Waals surface area contributed by atoms with Gasteiger partial charge >= 0.3 is 6.09 Å². The van der Waals surface area contributed by atoms with Crippen molar-refractivity contribution in [1.29, 1.82) is 0 Å². The van der Waals surface area contributed by atoms with E-state index in [-0.39, 0.29) is 0 Å². The normalized spacial score (nSPS) is 13.0. The Morgan fingerprint density at radius 2 is 2.00 bits per heavy atom. The van der Waals surface area contributed by atoms with Gasteiger partial charge in [-0.05, 0) is 40.2 Å². The number of para-hydroxylation sites is 1. The van der Waals surface area contributed by atoms with Gasteiger partial charge in [0.15, 0.2) is 0 Å². The molecule has 0 saturated heterocycles. The Bertz CT molecular complexity index is 433. The molecule has 4 heteroatoms. The predicted octanol–water partition coefficient (Wildman–Crippen LogP) is 3.40. The van der Waals surface area contributed by atoms with Crippen molar-refractivity contribution in [2.24, 2.45) is 0 Å². The average molecular weight is 251 g/mol. The maximum absolute atomic E-state index is 11.7. The number of nitrogens with one attached hydrogen (secondary N) is 1. The zero-order valence-electron chi connectivity index (χ0n) is 11.6. The topological polar surface area (TPSA) is 58.6 Å². The highest BCUT2D eigenvalue weighted by Gasteiger charge is 2.18. The van der Waals surface area contributed by atoms with Gasteiger partial charge in [-0.2, -0.15) is 0 Å². The fraction of sp³-hybridized carbons (Fsp3) is 0.500. The molecule has 0 saturated carbocycles. The zero-order chi connectivity index (χ0) is 13.9. The number of anilines is 1. The molecule has 100 valence electrons. The number of carbonyl (C=O) groups excluding carboxylic acids is 1. The standard InChI is InChI=1S/C14H21NO3/c1-9-7-6-8-11(10(2)16)12(9)15-13(17)18-14(3,4)5/h6-8,10,16H,1-5H3,(H,15,17). The Labute approximate surface area is 108 Å². The predicted molar refractivity (Wildman–Crippen MR) is 71.7 cm³/mol. The van der Waals surface area contributed by atoms with E-state index in [9.17, 15) is 9.90 Å². The number of aliphatic hydroxyl groups excluding tert-OH is 1. The van der Waals surface area contributed by atoms with Gasteiger partial charge in [-0.3, -0.25) is 5.32 Å². The molecule has 0 bridgehead atoms. The lowest BCUT2D eigenvalue weighted by Gasteiger charge is -2.21. The minimum atomic E-state index is -0.644. The highest BCUT2D eigenvalue weighted by molar-refractivity contribution is 5.87. The number of rotatable bonds is 2. The molecule has 1 atom stereocenters. The van der Waals surface area contributed by atoms with Crippen LogP contribution in [0.5, 0.6) is 0 Å². The Hall–Kier alpha value is -1.55. The van der Waals surface area contributed by atoms with Crippen LogP contribution in [-0.4, -0.2) is 16.8 Å². The van der Waals surface area contributed by atoms with Gasteiger partial charge in [0.1, 0.15) is 5.60 Å². The third-order valence-corrected chi connectivity index (χ3v) is 2.38. The Morgan fingerprint density at radius 3 is 2.50 bits per heavy atom. The molecule has 1 amide bonds. The van der Waals surface area contributed by atoms with E-state index < -0.39 is 17.8 Å². The van der Waals surface area contributed by atoms with E-state index in [4.69, 9.17) is 4.74 Å². The van der Waals surface area contributed by atoms with Crippen LogP contribution in [0.4, 0.5) is 10.5 Å². The SMILES string of the molecule is Cc1cccc(C(C)O)c1NC(=O)OC(C)(C)C. The summed E-state index contributed by atoms with van der Waals surface area (Å²) in [4.78, 5) is 11.7. The van der Waals surface area contributed by atoms with Crippen molar-refractivity contribution in [2.45, 2.75) is 46.3 Å². The summed E-state index contributed by atoms with van der Waals surface area (Å²) < 4.78 is 5.20. The molecule has 1 aromatic carbocycles. The fourth-order valence-electron chi connectivity index (χ4n) is 1.62. The molecule has 0 radical (unpaired) electrons. The number of carbonyl (C=O) groups is 1. The van der Waals surface area contributed by atoms with Gasteiger partial charge in [0, 0.05) is 5.56 Å². The van der Waals surface area contributed by atoms with Crippen molar-refractivity contribution in [3.8, 4) is 0 Å². The van der Waals surface area contributed by atoms with Crippen LogP contribution in [0.3, 0.4) is 0 Å². The lowest BCUT2D eigenvalue weighted by Crippen LogP contribution is -2.27. The van der Waals surface area contributed by atoms with Crippen LogP contribution in [0.1, 0.15) is 44.9 Å². The van der Waals surface area contributed by atoms with Crippen LogP contribution < -0.4 is 5.32 Å². The Balaban J connectivity index is 2.93. The van der Waals surface area contributed by atoms with Crippen molar-refractivity contribution in [1.82, 2.24) is 0 Å². The van der Waals surface area contributed by atoms with Crippen molar-refractivity contribution < 1.29 is 14.6 Å². The van der Waals surface area contributed by atoms with E-state index in [1.807, 2.05) is 19.1 Å². The summed E-state index contributed by atoms with van der Waals surface area (Å²) in [5, 5.41) is 12.4. The number of benzene rings is 1. The van der Waals surface area contributed by atoms with Crippen molar-refractivity contribution >= 4 is 11.8 Å². The van der Waals surface area contributed by atoms with Crippen LogP contribution >= 0.6 is 0 Å². The summed E-state index contributed by atoms with van der Waals surface area (Å²) in [6.07, 6.45) is -1.16. The molecule has 1 aromatic rings. The van der Waals surface area contributed by atoms with Gasteiger partial charge in [0.2, 0.25) is 0 Å². The third kappa shape index (κ3) is 4.04. The smallest absolute Gasteiger partial charge is 0.412 e. The monoisotopic (exact) mass is 251 g/mol. The molecule has 2 N–H and O–H groups in total. The quantitative estimate of drug-likeness (QED) is 0.847. The van der Waals surface area contributed by atoms with Crippen LogP contribution in [0, 0.1) is 6.92 Å². The van der Waals surface area contributed by atoms with E-state index in [2.05, 4.69) is 5.32 Å². The maximum Gasteiger partial charge on any atom is 0.412 e. The Kier molecular flexibility index (Phi) is 4.35. The van der Waals surface area contributed by atoms with Crippen LogP contribution in [0.15, 0.2) is 18.2 Å². The number of hydrogen-bond acceptors (Lipinski definition) is 3. The second-order valence-corrected chi connectivity index (χ2v) is 5.34. The second-order valence-electron chi connectivity index (χ2n) is 5.34. The largest absolute Gasteiger partial charge is 0.444 e.